The maximum absolute atomic E-state index is 10.2. The Hall–Kier alpha value is -1.39. The zero-order valence-corrected chi connectivity index (χ0v) is 5.73. The van der Waals surface area contributed by atoms with Crippen LogP contribution < -0.4 is 0 Å². The molecule has 0 atom stereocenters. The summed E-state index contributed by atoms with van der Waals surface area (Å²) in [4.78, 5) is 13.5. The molecule has 0 aliphatic rings. The van der Waals surface area contributed by atoms with Gasteiger partial charge in [-0.1, -0.05) is 0 Å². The van der Waals surface area contributed by atoms with Crippen LogP contribution in [0.1, 0.15) is 5.69 Å². The molecule has 0 N–H and O–H groups in total. The Kier molecular flexibility index (Phi) is 2.20. The van der Waals surface area contributed by atoms with E-state index in [0.29, 0.717) is 5.69 Å². The molecule has 1 aromatic heterocycles. The lowest BCUT2D eigenvalue weighted by atomic mass is 10.0. The summed E-state index contributed by atoms with van der Waals surface area (Å²) in [6.45, 7) is 0. The summed E-state index contributed by atoms with van der Waals surface area (Å²) >= 11 is 0. The molecule has 0 aliphatic carbocycles. The third-order valence-corrected chi connectivity index (χ3v) is 1.22. The molecular formula is C6H5BN2O2. The van der Waals surface area contributed by atoms with Gasteiger partial charge in [-0.3, -0.25) is 15.1 Å². The van der Waals surface area contributed by atoms with Gasteiger partial charge in [-0.05, 0) is 6.32 Å². The van der Waals surface area contributed by atoms with Crippen molar-refractivity contribution in [2.75, 3.05) is 0 Å². The van der Waals surface area contributed by atoms with Gasteiger partial charge >= 0.3 is 0 Å². The molecule has 11 heavy (non-hydrogen) atoms. The molecule has 5 heteroatoms. The second-order valence-electron chi connectivity index (χ2n) is 1.97. The van der Waals surface area contributed by atoms with Crippen LogP contribution in [0.4, 0.5) is 5.69 Å². The average Bonchev–Trinajstić information content (AvgIpc) is 2.05. The molecule has 0 spiro atoms. The Labute approximate surface area is 64.8 Å². The fourth-order valence-electron chi connectivity index (χ4n) is 0.691. The molecule has 0 bridgehead atoms. The van der Waals surface area contributed by atoms with Crippen molar-refractivity contribution in [1.29, 1.82) is 0 Å². The summed E-state index contributed by atoms with van der Waals surface area (Å²) in [7, 11) is 5.23. The van der Waals surface area contributed by atoms with Gasteiger partial charge in [0.25, 0.3) is 5.69 Å². The topological polar surface area (TPSA) is 56.0 Å². The standard InChI is InChI=1S/C6H5BN2O2/c7-4-5-3-6(9(10)11)1-2-8-5/h1-3H,4H2. The van der Waals surface area contributed by atoms with Gasteiger partial charge in [0.1, 0.15) is 0 Å². The predicted molar refractivity (Wildman–Crippen MR) is 40.3 cm³/mol. The fourth-order valence-corrected chi connectivity index (χ4v) is 0.691. The zero-order valence-electron chi connectivity index (χ0n) is 5.73. The van der Waals surface area contributed by atoms with Gasteiger partial charge in [0.05, 0.1) is 12.8 Å². The highest BCUT2D eigenvalue weighted by atomic mass is 16.6. The molecule has 54 valence electrons. The lowest BCUT2D eigenvalue weighted by Gasteiger charge is -1.93. The molecule has 1 aromatic rings. The molecule has 2 radical (unpaired) electrons. The van der Waals surface area contributed by atoms with Crippen molar-refractivity contribution < 1.29 is 4.92 Å². The molecule has 0 fully saturated rings. The minimum atomic E-state index is -0.471. The molecule has 1 rings (SSSR count). The first kappa shape index (κ1) is 7.72. The van der Waals surface area contributed by atoms with Gasteiger partial charge in [-0.2, -0.15) is 0 Å². The van der Waals surface area contributed by atoms with Crippen LogP contribution >= 0.6 is 0 Å². The lowest BCUT2D eigenvalue weighted by Crippen LogP contribution is -1.93. The normalized spacial score (nSPS) is 9.45. The van der Waals surface area contributed by atoms with Crippen molar-refractivity contribution in [2.45, 2.75) is 6.32 Å². The van der Waals surface area contributed by atoms with Crippen molar-refractivity contribution in [3.63, 3.8) is 0 Å². The quantitative estimate of drug-likeness (QED) is 0.351. The van der Waals surface area contributed by atoms with Gasteiger partial charge in [-0.25, -0.2) is 0 Å². The summed E-state index contributed by atoms with van der Waals surface area (Å²) in [5.41, 5.74) is 0.555. The van der Waals surface area contributed by atoms with Crippen LogP contribution in [-0.2, 0) is 6.32 Å². The molecule has 0 amide bonds. The van der Waals surface area contributed by atoms with Crippen LogP contribution in [0.5, 0.6) is 0 Å². The molecule has 0 saturated heterocycles. The van der Waals surface area contributed by atoms with E-state index >= 15 is 0 Å². The maximum Gasteiger partial charge on any atom is 0.272 e. The largest absolute Gasteiger partial charge is 0.272 e. The summed E-state index contributed by atoms with van der Waals surface area (Å²) in [6.07, 6.45) is 1.60. The van der Waals surface area contributed by atoms with Gasteiger partial charge in [0.15, 0.2) is 0 Å². The van der Waals surface area contributed by atoms with Gasteiger partial charge < -0.3 is 0 Å². The van der Waals surface area contributed by atoms with Crippen molar-refractivity contribution in [3.8, 4) is 0 Å². The van der Waals surface area contributed by atoms with E-state index in [0.717, 1.165) is 0 Å². The third kappa shape index (κ3) is 1.76. The first-order chi connectivity index (χ1) is 5.24. The van der Waals surface area contributed by atoms with Crippen LogP contribution in [0, 0.1) is 10.1 Å². The molecule has 0 aromatic carbocycles. The Morgan fingerprint density at radius 3 is 3.00 bits per heavy atom. The van der Waals surface area contributed by atoms with Gasteiger partial charge in [0, 0.05) is 24.0 Å². The smallest absolute Gasteiger partial charge is 0.262 e. The third-order valence-electron chi connectivity index (χ3n) is 1.22. The number of nitrogens with zero attached hydrogens (tertiary/aromatic N) is 2. The van der Waals surface area contributed by atoms with Crippen LogP contribution in [-0.4, -0.2) is 17.8 Å². The van der Waals surface area contributed by atoms with E-state index in [9.17, 15) is 10.1 Å². The molecule has 0 aliphatic heterocycles. The van der Waals surface area contributed by atoms with Crippen molar-refractivity contribution in [1.82, 2.24) is 4.98 Å². The zero-order chi connectivity index (χ0) is 8.27. The average molecular weight is 148 g/mol. The van der Waals surface area contributed by atoms with Crippen LogP contribution in [0.25, 0.3) is 0 Å². The Bertz CT molecular complexity index is 277. The lowest BCUT2D eigenvalue weighted by molar-refractivity contribution is -0.385. The number of rotatable bonds is 2. The van der Waals surface area contributed by atoms with E-state index in [1.807, 2.05) is 0 Å². The van der Waals surface area contributed by atoms with Crippen LogP contribution in [0.3, 0.4) is 0 Å². The SMILES string of the molecule is [B]Cc1cc([N+](=O)[O-])ccn1. The Morgan fingerprint density at radius 2 is 2.45 bits per heavy atom. The van der Waals surface area contributed by atoms with Gasteiger partial charge in [0.2, 0.25) is 0 Å². The summed E-state index contributed by atoms with van der Waals surface area (Å²) in [5, 5.41) is 10.2. The first-order valence-corrected chi connectivity index (χ1v) is 3.03. The molecular weight excluding hydrogens is 143 g/mol. The Morgan fingerprint density at radius 1 is 1.73 bits per heavy atom. The predicted octanol–water partition coefficient (Wildman–Crippen LogP) is 0.658. The number of aromatic nitrogens is 1. The van der Waals surface area contributed by atoms with Gasteiger partial charge in [-0.15, -0.1) is 0 Å². The van der Waals surface area contributed by atoms with E-state index in [-0.39, 0.29) is 12.0 Å². The molecule has 0 unspecified atom stereocenters. The number of nitro groups is 1. The highest BCUT2D eigenvalue weighted by Crippen LogP contribution is 2.09. The van der Waals surface area contributed by atoms with E-state index < -0.39 is 4.92 Å². The van der Waals surface area contributed by atoms with Crippen molar-refractivity contribution in [3.05, 3.63) is 34.1 Å². The number of pyridine rings is 1. The monoisotopic (exact) mass is 148 g/mol. The number of hydrogen-bond acceptors (Lipinski definition) is 3. The van der Waals surface area contributed by atoms with Crippen LogP contribution in [0.15, 0.2) is 18.3 Å². The minimum absolute atomic E-state index is 0.0282. The van der Waals surface area contributed by atoms with E-state index in [1.54, 1.807) is 0 Å². The fraction of sp³-hybridized carbons (Fsp3) is 0.167. The van der Waals surface area contributed by atoms with E-state index in [2.05, 4.69) is 4.98 Å². The maximum atomic E-state index is 10.2. The van der Waals surface area contributed by atoms with E-state index in [4.69, 9.17) is 7.85 Å². The minimum Gasteiger partial charge on any atom is -0.262 e. The Balaban J connectivity index is 3.01. The summed E-state index contributed by atoms with van der Waals surface area (Å²) in [5.74, 6) is 0. The van der Waals surface area contributed by atoms with Crippen molar-refractivity contribution in [2.24, 2.45) is 0 Å². The molecule has 0 saturated carbocycles. The highest BCUT2D eigenvalue weighted by molar-refractivity contribution is 6.08. The number of hydrogen-bond donors (Lipinski definition) is 0. The van der Waals surface area contributed by atoms with E-state index in [1.165, 1.54) is 18.3 Å². The first-order valence-electron chi connectivity index (χ1n) is 3.03. The second-order valence-corrected chi connectivity index (χ2v) is 1.97. The van der Waals surface area contributed by atoms with Crippen molar-refractivity contribution >= 4 is 13.5 Å². The second kappa shape index (κ2) is 3.14. The van der Waals surface area contributed by atoms with Crippen LogP contribution in [0.2, 0.25) is 0 Å². The summed E-state index contributed by atoms with van der Waals surface area (Å²) < 4.78 is 0. The molecule has 1 heterocycles. The summed E-state index contributed by atoms with van der Waals surface area (Å²) in [6, 6.07) is 2.69. The highest BCUT2D eigenvalue weighted by Gasteiger charge is 2.04. The molecule has 4 nitrogen and oxygen atoms in total.